The third-order valence-corrected chi connectivity index (χ3v) is 5.04. The van der Waals surface area contributed by atoms with Gasteiger partial charge in [-0.1, -0.05) is 26.8 Å². The van der Waals surface area contributed by atoms with Gasteiger partial charge in [0.1, 0.15) is 5.78 Å². The number of pyridine rings is 2. The number of carbonyl (C=O) groups is 1. The van der Waals surface area contributed by atoms with Gasteiger partial charge in [-0.15, -0.1) is 0 Å². The van der Waals surface area contributed by atoms with Crippen LogP contribution in [-0.2, 0) is 16.8 Å². The molecular weight excluding hydrogens is 300 g/mol. The molecule has 0 N–H and O–H groups in total. The molecule has 0 spiro atoms. The molecule has 1 saturated heterocycles. The molecule has 2 aromatic rings. The van der Waals surface area contributed by atoms with E-state index < -0.39 is 0 Å². The Morgan fingerprint density at radius 3 is 2.62 bits per heavy atom. The summed E-state index contributed by atoms with van der Waals surface area (Å²) < 4.78 is 1.73. The fourth-order valence-electron chi connectivity index (χ4n) is 3.38. The fourth-order valence-corrected chi connectivity index (χ4v) is 3.38. The molecule has 0 saturated carbocycles. The lowest BCUT2D eigenvalue weighted by atomic mass is 9.87. The van der Waals surface area contributed by atoms with Gasteiger partial charge in [0.15, 0.2) is 0 Å². The highest BCUT2D eigenvalue weighted by molar-refractivity contribution is 5.78. The monoisotopic (exact) mass is 326 g/mol. The number of carbonyl (C=O) groups excluding carboxylic acids is 1. The fraction of sp³-hybridized carbons (Fsp3) is 0.500. The third-order valence-electron chi connectivity index (χ3n) is 5.04. The van der Waals surface area contributed by atoms with Crippen LogP contribution < -0.4 is 5.56 Å². The topological polar surface area (TPSA) is 41.8 Å². The maximum Gasteiger partial charge on any atom is 0.259 e. The lowest BCUT2D eigenvalue weighted by molar-refractivity contribution is -0.120. The van der Waals surface area contributed by atoms with Crippen molar-refractivity contribution in [3.63, 3.8) is 0 Å². The first-order chi connectivity index (χ1) is 11.3. The molecule has 0 radical (unpaired) electrons. The molecule has 0 aromatic carbocycles. The van der Waals surface area contributed by atoms with E-state index in [9.17, 15) is 9.59 Å². The van der Waals surface area contributed by atoms with Crippen LogP contribution in [0.5, 0.6) is 0 Å². The number of hydrogen-bond acceptors (Lipinski definition) is 3. The van der Waals surface area contributed by atoms with Crippen molar-refractivity contribution in [1.82, 2.24) is 9.30 Å². The molecule has 1 aliphatic heterocycles. The lowest BCUT2D eigenvalue weighted by Gasteiger charge is -2.20. The smallest absolute Gasteiger partial charge is 0.259 e. The van der Waals surface area contributed by atoms with Crippen molar-refractivity contribution in [2.24, 2.45) is 5.92 Å². The number of rotatable bonds is 3. The van der Waals surface area contributed by atoms with Crippen LogP contribution in [0.2, 0.25) is 0 Å². The molecule has 1 unspecified atom stereocenters. The highest BCUT2D eigenvalue weighted by Gasteiger charge is 2.26. The normalized spacial score (nSPS) is 19.1. The van der Waals surface area contributed by atoms with Crippen LogP contribution in [0.4, 0.5) is 0 Å². The van der Waals surface area contributed by atoms with E-state index in [0.29, 0.717) is 6.54 Å². The van der Waals surface area contributed by atoms with Gasteiger partial charge >= 0.3 is 0 Å². The first kappa shape index (κ1) is 16.9. The van der Waals surface area contributed by atoms with E-state index in [1.165, 1.54) is 5.56 Å². The maximum atomic E-state index is 12.8. The quantitative estimate of drug-likeness (QED) is 0.871. The maximum absolute atomic E-state index is 12.8. The largest absolute Gasteiger partial charge is 0.300 e. The molecule has 0 bridgehead atoms. The average Bonchev–Trinajstić information content (AvgIpc) is 2.98. The Balaban J connectivity index is 1.87. The molecule has 4 heteroatoms. The highest BCUT2D eigenvalue weighted by Crippen LogP contribution is 2.23. The van der Waals surface area contributed by atoms with Crippen molar-refractivity contribution >= 4 is 11.3 Å². The van der Waals surface area contributed by atoms with Crippen LogP contribution in [0.15, 0.2) is 35.3 Å². The summed E-state index contributed by atoms with van der Waals surface area (Å²) in [5, 5.41) is 0. The van der Waals surface area contributed by atoms with E-state index in [2.05, 4.69) is 31.7 Å². The van der Waals surface area contributed by atoms with Gasteiger partial charge in [-0.05, 0) is 49.1 Å². The molecule has 1 atom stereocenters. The van der Waals surface area contributed by atoms with Gasteiger partial charge in [0, 0.05) is 36.3 Å². The second kappa shape index (κ2) is 6.17. The van der Waals surface area contributed by atoms with Gasteiger partial charge in [0.2, 0.25) is 0 Å². The van der Waals surface area contributed by atoms with Crippen LogP contribution in [0.1, 0.15) is 45.2 Å². The Morgan fingerprint density at radius 2 is 2.00 bits per heavy atom. The summed E-state index contributed by atoms with van der Waals surface area (Å²) in [6, 6.07) is 8.07. The van der Waals surface area contributed by atoms with Crippen molar-refractivity contribution < 1.29 is 4.79 Å². The van der Waals surface area contributed by atoms with E-state index in [0.717, 1.165) is 30.6 Å². The highest BCUT2D eigenvalue weighted by atomic mass is 16.1. The minimum absolute atomic E-state index is 0.0410. The summed E-state index contributed by atoms with van der Waals surface area (Å²) in [7, 11) is 0. The van der Waals surface area contributed by atoms with Gasteiger partial charge in [0.05, 0.1) is 0 Å². The van der Waals surface area contributed by atoms with Crippen molar-refractivity contribution in [2.45, 2.75) is 46.1 Å². The minimum atomic E-state index is 0.0410. The molecular formula is C20H26N2O2. The number of likely N-dealkylation sites (tertiary alicyclic amines) is 1. The molecule has 0 aliphatic carbocycles. The lowest BCUT2D eigenvalue weighted by Crippen LogP contribution is -2.27. The molecule has 3 rings (SSSR count). The molecule has 3 heterocycles. The van der Waals surface area contributed by atoms with Crippen LogP contribution in [-0.4, -0.2) is 28.2 Å². The average molecular weight is 326 g/mol. The van der Waals surface area contributed by atoms with Gasteiger partial charge in [0.25, 0.3) is 5.56 Å². The SMILES string of the molecule is CC(=O)C1CCN(Cc2ccc3cc(C(C)(C)C)ccn3c2=O)C1. The Labute approximate surface area is 143 Å². The van der Waals surface area contributed by atoms with Crippen LogP contribution in [0, 0.1) is 5.92 Å². The van der Waals surface area contributed by atoms with Gasteiger partial charge in [-0.3, -0.25) is 18.9 Å². The van der Waals surface area contributed by atoms with Crippen LogP contribution >= 0.6 is 0 Å². The first-order valence-electron chi connectivity index (χ1n) is 8.63. The minimum Gasteiger partial charge on any atom is -0.300 e. The Hall–Kier alpha value is -1.94. The van der Waals surface area contributed by atoms with Gasteiger partial charge < -0.3 is 0 Å². The Kier molecular flexibility index (Phi) is 4.35. The molecule has 4 nitrogen and oxygen atoms in total. The Bertz CT molecular complexity index is 830. The summed E-state index contributed by atoms with van der Waals surface area (Å²) in [4.78, 5) is 26.5. The molecule has 128 valence electrons. The summed E-state index contributed by atoms with van der Waals surface area (Å²) in [5.74, 6) is 0.380. The van der Waals surface area contributed by atoms with E-state index in [-0.39, 0.29) is 22.7 Å². The predicted octanol–water partition coefficient (Wildman–Crippen LogP) is 3.01. The summed E-state index contributed by atoms with van der Waals surface area (Å²) in [6.45, 7) is 10.4. The zero-order valence-corrected chi connectivity index (χ0v) is 15.0. The van der Waals surface area contributed by atoms with E-state index in [1.807, 2.05) is 24.4 Å². The first-order valence-corrected chi connectivity index (χ1v) is 8.63. The standard InChI is InChI=1S/C20H26N2O2/c1-14(23)15-7-9-21(12-15)13-16-5-6-18-11-17(20(2,3)4)8-10-22(18)19(16)24/h5-6,8,10-11,15H,7,9,12-13H2,1-4H3. The molecule has 0 amide bonds. The number of hydrogen-bond donors (Lipinski definition) is 0. The van der Waals surface area contributed by atoms with Crippen LogP contribution in [0.3, 0.4) is 0 Å². The zero-order valence-electron chi connectivity index (χ0n) is 15.0. The number of fused-ring (bicyclic) bond motifs is 1. The van der Waals surface area contributed by atoms with E-state index >= 15 is 0 Å². The summed E-state index contributed by atoms with van der Waals surface area (Å²) in [6.07, 6.45) is 2.78. The van der Waals surface area contributed by atoms with Gasteiger partial charge in [-0.25, -0.2) is 0 Å². The van der Waals surface area contributed by atoms with Crippen molar-refractivity contribution in [3.8, 4) is 0 Å². The van der Waals surface area contributed by atoms with Crippen molar-refractivity contribution in [3.05, 3.63) is 51.9 Å². The number of nitrogens with zero attached hydrogens (tertiary/aromatic N) is 2. The van der Waals surface area contributed by atoms with Crippen molar-refractivity contribution in [1.29, 1.82) is 0 Å². The second-order valence-corrected chi connectivity index (χ2v) is 7.96. The van der Waals surface area contributed by atoms with E-state index in [4.69, 9.17) is 0 Å². The van der Waals surface area contributed by atoms with Crippen LogP contribution in [0.25, 0.3) is 5.52 Å². The molecule has 2 aromatic heterocycles. The zero-order chi connectivity index (χ0) is 17.5. The second-order valence-electron chi connectivity index (χ2n) is 7.96. The van der Waals surface area contributed by atoms with E-state index in [1.54, 1.807) is 11.3 Å². The Morgan fingerprint density at radius 1 is 1.25 bits per heavy atom. The van der Waals surface area contributed by atoms with Crippen molar-refractivity contribution in [2.75, 3.05) is 13.1 Å². The molecule has 1 fully saturated rings. The van der Waals surface area contributed by atoms with Gasteiger partial charge in [-0.2, -0.15) is 0 Å². The summed E-state index contributed by atoms with van der Waals surface area (Å²) >= 11 is 0. The summed E-state index contributed by atoms with van der Waals surface area (Å²) in [5.41, 5.74) is 3.05. The number of ketones is 1. The molecule has 24 heavy (non-hydrogen) atoms. The predicted molar refractivity (Wildman–Crippen MR) is 96.4 cm³/mol. The third kappa shape index (κ3) is 3.29. The molecule has 1 aliphatic rings. The number of aromatic nitrogens is 1. The number of Topliss-reactive ketones (excluding diaryl/α,β-unsaturated/α-hetero) is 1.